The van der Waals surface area contributed by atoms with Gasteiger partial charge in [-0.1, -0.05) is 13.8 Å². The third-order valence-electron chi connectivity index (χ3n) is 2.23. The number of hydrogen-bond donors (Lipinski definition) is 2. The van der Waals surface area contributed by atoms with Gasteiger partial charge in [0.25, 0.3) is 0 Å². The third-order valence-corrected chi connectivity index (χ3v) is 2.23. The molecule has 0 rings (SSSR count). The molecule has 11 heavy (non-hydrogen) atoms. The van der Waals surface area contributed by atoms with E-state index < -0.39 is 0 Å². The van der Waals surface area contributed by atoms with E-state index >= 15 is 0 Å². The minimum absolute atomic E-state index is 0.269. The summed E-state index contributed by atoms with van der Waals surface area (Å²) in [6.45, 7) is 6.03. The molecule has 0 aromatic carbocycles. The average molecular weight is 158 g/mol. The van der Waals surface area contributed by atoms with E-state index in [1.54, 1.807) is 0 Å². The van der Waals surface area contributed by atoms with Crippen molar-refractivity contribution in [2.45, 2.75) is 39.2 Å². The second-order valence-electron chi connectivity index (χ2n) is 3.63. The summed E-state index contributed by atoms with van der Waals surface area (Å²) in [5.41, 5.74) is 10.6. The van der Waals surface area contributed by atoms with Crippen LogP contribution in [0, 0.1) is 5.92 Å². The van der Waals surface area contributed by atoms with Crippen LogP contribution in [0.25, 0.3) is 0 Å². The van der Waals surface area contributed by atoms with Crippen LogP contribution in [-0.4, -0.2) is 11.4 Å². The molecule has 1 amide bonds. The fourth-order valence-corrected chi connectivity index (χ4v) is 0.681. The summed E-state index contributed by atoms with van der Waals surface area (Å²) in [4.78, 5) is 10.4. The van der Waals surface area contributed by atoms with Crippen LogP contribution in [0.1, 0.15) is 33.6 Å². The lowest BCUT2D eigenvalue weighted by atomic mass is 9.85. The van der Waals surface area contributed by atoms with Crippen molar-refractivity contribution in [3.05, 3.63) is 0 Å². The molecule has 0 spiro atoms. The number of primary amides is 1. The molecule has 0 aromatic rings. The standard InChI is InChI=1S/C8H18N2O/c1-6(2)8(3,10)5-4-7(9)11/h6H,4-5,10H2,1-3H3,(H2,9,11). The van der Waals surface area contributed by atoms with E-state index in [9.17, 15) is 4.79 Å². The Labute approximate surface area is 68.1 Å². The van der Waals surface area contributed by atoms with Crippen LogP contribution in [0.5, 0.6) is 0 Å². The minimum Gasteiger partial charge on any atom is -0.370 e. The molecule has 0 saturated heterocycles. The maximum atomic E-state index is 10.4. The number of carbonyl (C=O) groups is 1. The Kier molecular flexibility index (Phi) is 3.52. The molecular formula is C8H18N2O. The topological polar surface area (TPSA) is 69.1 Å². The summed E-state index contributed by atoms with van der Waals surface area (Å²) < 4.78 is 0. The van der Waals surface area contributed by atoms with E-state index in [0.717, 1.165) is 0 Å². The van der Waals surface area contributed by atoms with Crippen molar-refractivity contribution in [1.82, 2.24) is 0 Å². The quantitative estimate of drug-likeness (QED) is 0.630. The molecule has 0 aromatic heterocycles. The summed E-state index contributed by atoms with van der Waals surface area (Å²) in [6.07, 6.45) is 1.05. The Balaban J connectivity index is 3.82. The number of hydrogen-bond acceptors (Lipinski definition) is 2. The molecule has 0 radical (unpaired) electrons. The van der Waals surface area contributed by atoms with Crippen LogP contribution < -0.4 is 11.5 Å². The lowest BCUT2D eigenvalue weighted by molar-refractivity contribution is -0.118. The van der Waals surface area contributed by atoms with Crippen LogP contribution in [0.2, 0.25) is 0 Å². The van der Waals surface area contributed by atoms with Gasteiger partial charge in [-0.05, 0) is 19.3 Å². The number of carbonyl (C=O) groups excluding carboxylic acids is 1. The molecule has 0 aliphatic carbocycles. The van der Waals surface area contributed by atoms with Crippen LogP contribution in [0.3, 0.4) is 0 Å². The summed E-state index contributed by atoms with van der Waals surface area (Å²) in [6, 6.07) is 0. The average Bonchev–Trinajstić information content (AvgIpc) is 1.84. The molecule has 3 heteroatoms. The smallest absolute Gasteiger partial charge is 0.217 e. The Morgan fingerprint density at radius 3 is 2.27 bits per heavy atom. The molecule has 4 N–H and O–H groups in total. The highest BCUT2D eigenvalue weighted by molar-refractivity contribution is 5.73. The van der Waals surface area contributed by atoms with Crippen LogP contribution in [0.4, 0.5) is 0 Å². The van der Waals surface area contributed by atoms with Crippen molar-refractivity contribution in [3.63, 3.8) is 0 Å². The van der Waals surface area contributed by atoms with E-state index in [1.165, 1.54) is 0 Å². The monoisotopic (exact) mass is 158 g/mol. The van der Waals surface area contributed by atoms with Gasteiger partial charge >= 0.3 is 0 Å². The molecule has 0 saturated carbocycles. The molecule has 0 bridgehead atoms. The van der Waals surface area contributed by atoms with Gasteiger partial charge in [0, 0.05) is 12.0 Å². The molecular weight excluding hydrogens is 140 g/mol. The van der Waals surface area contributed by atoms with Gasteiger partial charge < -0.3 is 11.5 Å². The molecule has 0 heterocycles. The summed E-state index contributed by atoms with van der Waals surface area (Å²) >= 11 is 0. The van der Waals surface area contributed by atoms with E-state index in [1.807, 2.05) is 20.8 Å². The number of nitrogens with two attached hydrogens (primary N) is 2. The summed E-state index contributed by atoms with van der Waals surface area (Å²) in [5.74, 6) is 0.101. The van der Waals surface area contributed by atoms with E-state index in [2.05, 4.69) is 0 Å². The zero-order valence-corrected chi connectivity index (χ0v) is 7.55. The Morgan fingerprint density at radius 2 is 2.00 bits per heavy atom. The van der Waals surface area contributed by atoms with Gasteiger partial charge in [-0.2, -0.15) is 0 Å². The Bertz CT molecular complexity index is 141. The zero-order chi connectivity index (χ0) is 9.07. The molecule has 0 fully saturated rings. The Morgan fingerprint density at radius 1 is 1.55 bits per heavy atom. The van der Waals surface area contributed by atoms with Gasteiger partial charge in [0.2, 0.25) is 5.91 Å². The van der Waals surface area contributed by atoms with Crippen molar-refractivity contribution >= 4 is 5.91 Å². The van der Waals surface area contributed by atoms with Gasteiger partial charge in [-0.3, -0.25) is 4.79 Å². The fourth-order valence-electron chi connectivity index (χ4n) is 0.681. The highest BCUT2D eigenvalue weighted by Gasteiger charge is 2.22. The molecule has 66 valence electrons. The van der Waals surface area contributed by atoms with Gasteiger partial charge in [0.15, 0.2) is 0 Å². The van der Waals surface area contributed by atoms with Crippen molar-refractivity contribution in [2.24, 2.45) is 17.4 Å². The van der Waals surface area contributed by atoms with E-state index in [4.69, 9.17) is 11.5 Å². The van der Waals surface area contributed by atoms with Crippen molar-refractivity contribution in [2.75, 3.05) is 0 Å². The lowest BCUT2D eigenvalue weighted by Crippen LogP contribution is -2.42. The highest BCUT2D eigenvalue weighted by Crippen LogP contribution is 2.18. The SMILES string of the molecule is CC(C)C(C)(N)CCC(N)=O. The Hall–Kier alpha value is -0.570. The molecule has 0 aliphatic heterocycles. The maximum Gasteiger partial charge on any atom is 0.217 e. The first-order valence-electron chi connectivity index (χ1n) is 3.93. The van der Waals surface area contributed by atoms with Crippen LogP contribution in [-0.2, 0) is 4.79 Å². The van der Waals surface area contributed by atoms with E-state index in [-0.39, 0.29) is 11.4 Å². The fraction of sp³-hybridized carbons (Fsp3) is 0.875. The largest absolute Gasteiger partial charge is 0.370 e. The predicted molar refractivity (Wildman–Crippen MR) is 45.9 cm³/mol. The van der Waals surface area contributed by atoms with Gasteiger partial charge in [0.05, 0.1) is 0 Å². The first kappa shape index (κ1) is 10.4. The zero-order valence-electron chi connectivity index (χ0n) is 7.55. The van der Waals surface area contributed by atoms with Crippen LogP contribution in [0.15, 0.2) is 0 Å². The van der Waals surface area contributed by atoms with Crippen LogP contribution >= 0.6 is 0 Å². The maximum absolute atomic E-state index is 10.4. The second kappa shape index (κ2) is 3.72. The minimum atomic E-state index is -0.276. The number of amides is 1. The van der Waals surface area contributed by atoms with Crippen molar-refractivity contribution in [1.29, 1.82) is 0 Å². The van der Waals surface area contributed by atoms with Crippen molar-refractivity contribution in [3.8, 4) is 0 Å². The second-order valence-corrected chi connectivity index (χ2v) is 3.63. The molecule has 1 unspecified atom stereocenters. The normalized spacial score (nSPS) is 16.5. The molecule has 3 nitrogen and oxygen atoms in total. The van der Waals surface area contributed by atoms with Gasteiger partial charge in [0.1, 0.15) is 0 Å². The van der Waals surface area contributed by atoms with Crippen molar-refractivity contribution < 1.29 is 4.79 Å². The first-order chi connectivity index (χ1) is 4.86. The lowest BCUT2D eigenvalue weighted by Gasteiger charge is -2.28. The van der Waals surface area contributed by atoms with E-state index in [0.29, 0.717) is 18.8 Å². The summed E-state index contributed by atoms with van der Waals surface area (Å²) in [7, 11) is 0. The number of rotatable bonds is 4. The molecule has 1 atom stereocenters. The van der Waals surface area contributed by atoms with Gasteiger partial charge in [-0.15, -0.1) is 0 Å². The first-order valence-corrected chi connectivity index (χ1v) is 3.93. The highest BCUT2D eigenvalue weighted by atomic mass is 16.1. The van der Waals surface area contributed by atoms with Gasteiger partial charge in [-0.25, -0.2) is 0 Å². The molecule has 0 aliphatic rings. The summed E-state index contributed by atoms with van der Waals surface area (Å²) in [5, 5.41) is 0. The predicted octanol–water partition coefficient (Wildman–Crippen LogP) is 0.625. The third kappa shape index (κ3) is 3.98.